The molecule has 0 radical (unpaired) electrons. The number of carbonyl (C=O) groups excluding carboxylic acids is 2. The van der Waals surface area contributed by atoms with Crippen molar-refractivity contribution in [3.63, 3.8) is 0 Å². The number of hydrogen-bond acceptors (Lipinski definition) is 4. The highest BCUT2D eigenvalue weighted by molar-refractivity contribution is 5.94. The summed E-state index contributed by atoms with van der Waals surface area (Å²) in [7, 11) is 1.65. The molecule has 0 atom stereocenters. The summed E-state index contributed by atoms with van der Waals surface area (Å²) >= 11 is 0. The van der Waals surface area contributed by atoms with E-state index in [0.717, 1.165) is 37.0 Å². The molecule has 26 heavy (non-hydrogen) atoms. The second kappa shape index (κ2) is 10.6. The topological polar surface area (TPSA) is 84.7 Å². The quantitative estimate of drug-likeness (QED) is 0.601. The first-order valence-electron chi connectivity index (χ1n) is 9.11. The number of fused-ring (bicyclic) bond motifs is 1. The highest BCUT2D eigenvalue weighted by Crippen LogP contribution is 2.11. The van der Waals surface area contributed by atoms with Gasteiger partial charge in [0.25, 0.3) is 5.91 Å². The second-order valence-corrected chi connectivity index (χ2v) is 6.24. The van der Waals surface area contributed by atoms with Crippen LogP contribution in [0.25, 0.3) is 5.65 Å². The lowest BCUT2D eigenvalue weighted by atomic mass is 10.2. The zero-order valence-electron chi connectivity index (χ0n) is 15.6. The van der Waals surface area contributed by atoms with E-state index in [1.807, 2.05) is 31.3 Å². The third-order valence-electron chi connectivity index (χ3n) is 4.13. The fraction of sp³-hybridized carbons (Fsp3) is 0.526. The molecule has 0 bridgehead atoms. The van der Waals surface area contributed by atoms with Crippen LogP contribution in [-0.2, 0) is 9.53 Å². The van der Waals surface area contributed by atoms with Crippen LogP contribution < -0.4 is 10.6 Å². The molecular weight excluding hydrogens is 332 g/mol. The van der Waals surface area contributed by atoms with Crippen LogP contribution in [0.3, 0.4) is 0 Å². The fourth-order valence-corrected chi connectivity index (χ4v) is 2.79. The minimum Gasteiger partial charge on any atom is -0.385 e. The molecule has 0 aliphatic heterocycles. The molecule has 0 aliphatic carbocycles. The molecule has 7 nitrogen and oxygen atoms in total. The molecule has 0 aromatic carbocycles. The Balaban J connectivity index is 1.63. The maximum absolute atomic E-state index is 12.4. The van der Waals surface area contributed by atoms with Gasteiger partial charge in [-0.25, -0.2) is 4.98 Å². The van der Waals surface area contributed by atoms with Gasteiger partial charge in [0.2, 0.25) is 5.91 Å². The molecule has 2 heterocycles. The zero-order chi connectivity index (χ0) is 18.8. The third-order valence-corrected chi connectivity index (χ3v) is 4.13. The van der Waals surface area contributed by atoms with Crippen molar-refractivity contribution in [2.45, 2.75) is 39.0 Å². The monoisotopic (exact) mass is 360 g/mol. The molecule has 0 saturated heterocycles. The first-order chi connectivity index (χ1) is 12.6. The van der Waals surface area contributed by atoms with Crippen LogP contribution in [0.1, 0.15) is 48.3 Å². The summed E-state index contributed by atoms with van der Waals surface area (Å²) < 4.78 is 6.74. The predicted octanol–water partition coefficient (Wildman–Crippen LogP) is 2.09. The number of ether oxygens (including phenoxy) is 1. The van der Waals surface area contributed by atoms with Crippen molar-refractivity contribution in [3.8, 4) is 0 Å². The van der Waals surface area contributed by atoms with Crippen LogP contribution in [0.2, 0.25) is 0 Å². The zero-order valence-corrected chi connectivity index (χ0v) is 15.6. The van der Waals surface area contributed by atoms with Gasteiger partial charge in [0.05, 0.1) is 5.69 Å². The first kappa shape index (κ1) is 19.9. The van der Waals surface area contributed by atoms with E-state index in [0.29, 0.717) is 31.8 Å². The van der Waals surface area contributed by atoms with E-state index >= 15 is 0 Å². The molecule has 2 rings (SSSR count). The van der Waals surface area contributed by atoms with E-state index in [1.54, 1.807) is 11.5 Å². The summed E-state index contributed by atoms with van der Waals surface area (Å²) in [5.41, 5.74) is 2.07. The van der Waals surface area contributed by atoms with Crippen molar-refractivity contribution in [1.82, 2.24) is 20.0 Å². The molecule has 2 aromatic rings. The van der Waals surface area contributed by atoms with Gasteiger partial charge in [-0.05, 0) is 38.3 Å². The molecule has 2 N–H and O–H groups in total. The highest BCUT2D eigenvalue weighted by atomic mass is 16.5. The molecule has 2 amide bonds. The van der Waals surface area contributed by atoms with Gasteiger partial charge in [-0.3, -0.25) is 14.0 Å². The number of nitrogens with zero attached hydrogens (tertiary/aromatic N) is 2. The molecule has 0 unspecified atom stereocenters. The number of methoxy groups -OCH3 is 1. The normalized spacial score (nSPS) is 10.8. The van der Waals surface area contributed by atoms with Crippen molar-refractivity contribution in [1.29, 1.82) is 0 Å². The standard InChI is InChI=1S/C19H28N4O3/c1-15-18(23-13-7-5-9-16(23)22-15)19(25)21-11-6-3-4-10-17(24)20-12-8-14-26-2/h5,7,9,13H,3-4,6,8,10-12,14H2,1-2H3,(H,20,24)(H,21,25). The van der Waals surface area contributed by atoms with Crippen LogP contribution in [-0.4, -0.2) is 48.0 Å². The Morgan fingerprint density at radius 3 is 2.73 bits per heavy atom. The van der Waals surface area contributed by atoms with E-state index in [9.17, 15) is 9.59 Å². The van der Waals surface area contributed by atoms with Crippen molar-refractivity contribution >= 4 is 17.5 Å². The average molecular weight is 360 g/mol. The maximum Gasteiger partial charge on any atom is 0.270 e. The Labute approximate surface area is 154 Å². The van der Waals surface area contributed by atoms with E-state index in [1.165, 1.54) is 0 Å². The Morgan fingerprint density at radius 2 is 1.92 bits per heavy atom. The molecule has 0 aliphatic rings. The van der Waals surface area contributed by atoms with Crippen LogP contribution in [0, 0.1) is 6.92 Å². The number of unbranched alkanes of at least 4 members (excludes halogenated alkanes) is 2. The smallest absolute Gasteiger partial charge is 0.270 e. The first-order valence-corrected chi connectivity index (χ1v) is 9.11. The lowest BCUT2D eigenvalue weighted by Gasteiger charge is -2.07. The Morgan fingerprint density at radius 1 is 1.12 bits per heavy atom. The van der Waals surface area contributed by atoms with E-state index in [-0.39, 0.29) is 11.8 Å². The molecule has 0 spiro atoms. The molecule has 142 valence electrons. The number of carbonyl (C=O) groups is 2. The summed E-state index contributed by atoms with van der Waals surface area (Å²) in [6, 6.07) is 5.66. The molecular formula is C19H28N4O3. The van der Waals surface area contributed by atoms with Crippen LogP contribution >= 0.6 is 0 Å². The predicted molar refractivity (Wildman–Crippen MR) is 100 cm³/mol. The van der Waals surface area contributed by atoms with E-state index < -0.39 is 0 Å². The minimum atomic E-state index is -0.114. The third kappa shape index (κ3) is 5.84. The van der Waals surface area contributed by atoms with Crippen molar-refractivity contribution in [3.05, 3.63) is 35.8 Å². The number of rotatable bonds is 11. The summed E-state index contributed by atoms with van der Waals surface area (Å²) in [5.74, 6) is -0.0384. The van der Waals surface area contributed by atoms with Crippen molar-refractivity contribution in [2.24, 2.45) is 0 Å². The summed E-state index contributed by atoms with van der Waals surface area (Å²) in [6.45, 7) is 3.74. The second-order valence-electron chi connectivity index (χ2n) is 6.24. The van der Waals surface area contributed by atoms with Crippen LogP contribution in [0.5, 0.6) is 0 Å². The van der Waals surface area contributed by atoms with Crippen molar-refractivity contribution < 1.29 is 14.3 Å². The van der Waals surface area contributed by atoms with Gasteiger partial charge in [0.15, 0.2) is 0 Å². The molecule has 2 aromatic heterocycles. The van der Waals surface area contributed by atoms with E-state index in [2.05, 4.69) is 15.6 Å². The fourth-order valence-electron chi connectivity index (χ4n) is 2.79. The van der Waals surface area contributed by atoms with Gasteiger partial charge in [-0.2, -0.15) is 0 Å². The number of amides is 2. The van der Waals surface area contributed by atoms with Gasteiger partial charge in [0.1, 0.15) is 11.3 Å². The van der Waals surface area contributed by atoms with Crippen molar-refractivity contribution in [2.75, 3.05) is 26.8 Å². The summed E-state index contributed by atoms with van der Waals surface area (Å²) in [5, 5.41) is 5.81. The largest absolute Gasteiger partial charge is 0.385 e. The van der Waals surface area contributed by atoms with Gasteiger partial charge in [-0.15, -0.1) is 0 Å². The van der Waals surface area contributed by atoms with Gasteiger partial charge < -0.3 is 15.4 Å². The van der Waals surface area contributed by atoms with Gasteiger partial charge in [0, 0.05) is 39.4 Å². The highest BCUT2D eigenvalue weighted by Gasteiger charge is 2.15. The summed E-state index contributed by atoms with van der Waals surface area (Å²) in [6.07, 6.45) is 5.76. The number of aryl methyl sites for hydroxylation is 1. The molecule has 7 heteroatoms. The number of imidazole rings is 1. The molecule has 0 saturated carbocycles. The number of pyridine rings is 1. The lowest BCUT2D eigenvalue weighted by molar-refractivity contribution is -0.121. The Hall–Kier alpha value is -2.41. The van der Waals surface area contributed by atoms with Crippen LogP contribution in [0.15, 0.2) is 24.4 Å². The van der Waals surface area contributed by atoms with E-state index in [4.69, 9.17) is 4.74 Å². The Bertz CT molecular complexity index is 727. The number of nitrogens with one attached hydrogen (secondary N) is 2. The maximum atomic E-state index is 12.4. The van der Waals surface area contributed by atoms with Gasteiger partial charge >= 0.3 is 0 Å². The average Bonchev–Trinajstić information content (AvgIpc) is 2.97. The lowest BCUT2D eigenvalue weighted by Crippen LogP contribution is -2.26. The minimum absolute atomic E-state index is 0.0755. The molecule has 0 fully saturated rings. The van der Waals surface area contributed by atoms with Gasteiger partial charge in [-0.1, -0.05) is 12.5 Å². The number of aromatic nitrogens is 2. The summed E-state index contributed by atoms with van der Waals surface area (Å²) in [4.78, 5) is 28.4. The SMILES string of the molecule is COCCCNC(=O)CCCCCNC(=O)c1c(C)nc2ccccn12. The van der Waals surface area contributed by atoms with Crippen LogP contribution in [0.4, 0.5) is 0 Å². The number of hydrogen-bond donors (Lipinski definition) is 2. The Kier molecular flexibility index (Phi) is 8.08.